The van der Waals surface area contributed by atoms with Crippen LogP contribution in [0.4, 0.5) is 11.4 Å². The zero-order chi connectivity index (χ0) is 37.4. The van der Waals surface area contributed by atoms with Crippen LogP contribution in [0.2, 0.25) is 0 Å². The van der Waals surface area contributed by atoms with Gasteiger partial charge >= 0.3 is 5.97 Å². The van der Waals surface area contributed by atoms with Crippen molar-refractivity contribution in [3.63, 3.8) is 0 Å². The van der Waals surface area contributed by atoms with E-state index in [1.165, 1.54) is 0 Å². The van der Waals surface area contributed by atoms with Gasteiger partial charge in [0.05, 0.1) is 17.3 Å². The number of hydrogen-bond donors (Lipinski definition) is 3. The van der Waals surface area contributed by atoms with E-state index in [2.05, 4.69) is 53.5 Å². The Balaban J connectivity index is 1.08. The van der Waals surface area contributed by atoms with Crippen LogP contribution in [0.15, 0.2) is 36.4 Å². The minimum Gasteiger partial charge on any atom is -0.481 e. The van der Waals surface area contributed by atoms with Gasteiger partial charge in [0.1, 0.15) is 0 Å². The summed E-state index contributed by atoms with van der Waals surface area (Å²) >= 11 is 0. The van der Waals surface area contributed by atoms with Gasteiger partial charge in [-0.15, -0.1) is 0 Å². The second-order valence-corrected chi connectivity index (χ2v) is 15.1. The molecule has 2 aromatic heterocycles. The topological polar surface area (TPSA) is 138 Å². The van der Waals surface area contributed by atoms with E-state index in [0.717, 1.165) is 121 Å². The van der Waals surface area contributed by atoms with Crippen LogP contribution in [-0.4, -0.2) is 78.5 Å². The maximum atomic E-state index is 13.9. The van der Waals surface area contributed by atoms with Crippen molar-refractivity contribution >= 4 is 29.2 Å². The lowest BCUT2D eigenvalue weighted by molar-refractivity contribution is -0.143. The lowest BCUT2D eigenvalue weighted by atomic mass is 9.81. The van der Waals surface area contributed by atoms with Crippen LogP contribution < -0.4 is 10.6 Å². The number of nitrogens with zero attached hydrogens (tertiary/aromatic N) is 6. The maximum Gasteiger partial charge on any atom is 0.306 e. The molecule has 2 aliphatic heterocycles. The van der Waals surface area contributed by atoms with Gasteiger partial charge in [-0.25, -0.2) is 9.97 Å². The smallest absolute Gasteiger partial charge is 0.306 e. The van der Waals surface area contributed by atoms with E-state index in [1.807, 2.05) is 47.5 Å². The van der Waals surface area contributed by atoms with Crippen molar-refractivity contribution in [2.75, 3.05) is 37.3 Å². The number of imidazole rings is 2. The summed E-state index contributed by atoms with van der Waals surface area (Å²) < 4.78 is 3.87. The van der Waals surface area contributed by atoms with Gasteiger partial charge in [-0.1, -0.05) is 38.1 Å². The average Bonchev–Trinajstić information content (AvgIpc) is 3.66. The standard InChI is InChI=1S/C41H52N8O4/c1-6-27-29(10-8-12-31(27)44-39(50)37-42-33-23-46(3)20-18-35(33)47(37)4)30-11-9-13-32(28(30)7-2)45-40(51)38-43-34-24-49(21-19-36(34)48(38)5)22-25-14-16-26(17-15-25)41(52)53/h8-13,25-26H,6-7,14-24H2,1-5H3,(H,44,50)(H,45,51)(H,52,53). The molecule has 7 rings (SSSR count). The average molecular weight is 721 g/mol. The molecular weight excluding hydrogens is 669 g/mol. The first-order valence-electron chi connectivity index (χ1n) is 19.2. The first-order valence-corrected chi connectivity index (χ1v) is 19.2. The summed E-state index contributed by atoms with van der Waals surface area (Å²) in [4.78, 5) is 53.1. The molecule has 1 aliphatic carbocycles. The normalized spacial score (nSPS) is 19.0. The van der Waals surface area contributed by atoms with Crippen molar-refractivity contribution < 1.29 is 19.5 Å². The highest BCUT2D eigenvalue weighted by atomic mass is 16.4. The highest BCUT2D eigenvalue weighted by Gasteiger charge is 2.31. The molecule has 3 aliphatic rings. The van der Waals surface area contributed by atoms with E-state index in [9.17, 15) is 19.5 Å². The molecule has 12 heteroatoms. The SMILES string of the molecule is CCc1c(NC(=O)c2nc3c(n2C)CCN(C)C3)cccc1-c1cccc(NC(=O)c2nc3c(n2C)CCN(CC2CCC(C(=O)O)CC2)C3)c1CC. The van der Waals surface area contributed by atoms with Crippen LogP contribution in [-0.2, 0) is 57.7 Å². The third-order valence-corrected chi connectivity index (χ3v) is 11.7. The molecule has 0 spiro atoms. The van der Waals surface area contributed by atoms with Crippen LogP contribution in [0.25, 0.3) is 11.1 Å². The Labute approximate surface area is 311 Å². The molecule has 53 heavy (non-hydrogen) atoms. The number of benzene rings is 2. The molecule has 1 saturated carbocycles. The molecule has 4 aromatic rings. The molecule has 0 radical (unpaired) electrons. The summed E-state index contributed by atoms with van der Waals surface area (Å²) in [6.07, 6.45) is 6.47. The number of likely N-dealkylation sites (N-methyl/N-ethyl adjacent to an activating group) is 1. The summed E-state index contributed by atoms with van der Waals surface area (Å²) in [7, 11) is 5.91. The van der Waals surface area contributed by atoms with Crippen LogP contribution >= 0.6 is 0 Å². The van der Waals surface area contributed by atoms with Crippen molar-refractivity contribution in [3.8, 4) is 11.1 Å². The molecular formula is C41H52N8O4. The molecule has 12 nitrogen and oxygen atoms in total. The molecule has 2 amide bonds. The lowest BCUT2D eigenvalue weighted by Gasteiger charge is -2.33. The first kappa shape index (κ1) is 36.5. The molecule has 0 unspecified atom stereocenters. The fourth-order valence-electron chi connectivity index (χ4n) is 8.79. The number of carboxylic acid groups (broad SMARTS) is 1. The maximum absolute atomic E-state index is 13.9. The van der Waals surface area contributed by atoms with E-state index in [-0.39, 0.29) is 17.7 Å². The molecule has 0 atom stereocenters. The second kappa shape index (κ2) is 15.3. The number of aromatic nitrogens is 4. The number of rotatable bonds is 10. The van der Waals surface area contributed by atoms with E-state index in [4.69, 9.17) is 9.97 Å². The number of anilines is 2. The Morgan fingerprint density at radius 1 is 0.736 bits per heavy atom. The van der Waals surface area contributed by atoms with Crippen molar-refractivity contribution in [1.82, 2.24) is 28.9 Å². The summed E-state index contributed by atoms with van der Waals surface area (Å²) in [6, 6.07) is 12.0. The number of carbonyl (C=O) groups excluding carboxylic acids is 2. The molecule has 2 aromatic carbocycles. The van der Waals surface area contributed by atoms with E-state index in [0.29, 0.717) is 37.0 Å². The van der Waals surface area contributed by atoms with Crippen molar-refractivity contribution in [1.29, 1.82) is 0 Å². The zero-order valence-electron chi connectivity index (χ0n) is 31.7. The van der Waals surface area contributed by atoms with Gasteiger partial charge in [0.25, 0.3) is 11.8 Å². The summed E-state index contributed by atoms with van der Waals surface area (Å²) in [5, 5.41) is 15.7. The van der Waals surface area contributed by atoms with Crippen molar-refractivity contribution in [3.05, 3.63) is 81.9 Å². The number of carboxylic acids is 1. The van der Waals surface area contributed by atoms with Gasteiger partial charge in [0.2, 0.25) is 0 Å². The number of aliphatic carboxylic acids is 1. The summed E-state index contributed by atoms with van der Waals surface area (Å²) in [6.45, 7) is 8.39. The third-order valence-electron chi connectivity index (χ3n) is 11.7. The highest BCUT2D eigenvalue weighted by molar-refractivity contribution is 6.04. The Bertz CT molecular complexity index is 2040. The zero-order valence-corrected chi connectivity index (χ0v) is 31.7. The largest absolute Gasteiger partial charge is 0.481 e. The number of fused-ring (bicyclic) bond motifs is 2. The molecule has 4 heterocycles. The molecule has 1 fully saturated rings. The molecule has 3 N–H and O–H groups in total. The second-order valence-electron chi connectivity index (χ2n) is 15.1. The van der Waals surface area contributed by atoms with Crippen LogP contribution in [0.1, 0.15) is 94.7 Å². The number of amides is 2. The predicted octanol–water partition coefficient (Wildman–Crippen LogP) is 5.69. The van der Waals surface area contributed by atoms with E-state index >= 15 is 0 Å². The monoisotopic (exact) mass is 720 g/mol. The van der Waals surface area contributed by atoms with Gasteiger partial charge in [0, 0.05) is 82.4 Å². The Morgan fingerprint density at radius 3 is 1.75 bits per heavy atom. The van der Waals surface area contributed by atoms with Crippen molar-refractivity contribution in [2.45, 2.75) is 78.3 Å². The Kier molecular flexibility index (Phi) is 10.5. The van der Waals surface area contributed by atoms with Crippen LogP contribution in [0.5, 0.6) is 0 Å². The van der Waals surface area contributed by atoms with Gasteiger partial charge in [0.15, 0.2) is 11.6 Å². The quantitative estimate of drug-likeness (QED) is 0.190. The Hall–Kier alpha value is -4.81. The lowest BCUT2D eigenvalue weighted by Crippen LogP contribution is -2.36. The van der Waals surface area contributed by atoms with Crippen LogP contribution in [0.3, 0.4) is 0 Å². The van der Waals surface area contributed by atoms with Crippen LogP contribution in [0, 0.1) is 11.8 Å². The van der Waals surface area contributed by atoms with Gasteiger partial charge in [-0.2, -0.15) is 0 Å². The number of carbonyl (C=O) groups is 3. The fourth-order valence-corrected chi connectivity index (χ4v) is 8.79. The predicted molar refractivity (Wildman–Crippen MR) is 205 cm³/mol. The molecule has 0 saturated heterocycles. The number of hydrogen-bond acceptors (Lipinski definition) is 7. The minimum absolute atomic E-state index is 0.206. The fraction of sp³-hybridized carbons (Fsp3) is 0.488. The Morgan fingerprint density at radius 2 is 1.25 bits per heavy atom. The third kappa shape index (κ3) is 7.26. The minimum atomic E-state index is -0.670. The van der Waals surface area contributed by atoms with Gasteiger partial charge in [-0.05, 0) is 85.9 Å². The van der Waals surface area contributed by atoms with E-state index in [1.54, 1.807) is 0 Å². The number of nitrogens with one attached hydrogen (secondary N) is 2. The van der Waals surface area contributed by atoms with Gasteiger partial charge in [-0.3, -0.25) is 19.3 Å². The molecule has 0 bridgehead atoms. The summed E-state index contributed by atoms with van der Waals surface area (Å²) in [5.41, 5.74) is 9.68. The highest BCUT2D eigenvalue weighted by Crippen LogP contribution is 2.36. The summed E-state index contributed by atoms with van der Waals surface area (Å²) in [5.74, 6) is -0.0334. The molecule has 280 valence electrons. The van der Waals surface area contributed by atoms with Crippen molar-refractivity contribution in [2.24, 2.45) is 25.9 Å². The van der Waals surface area contributed by atoms with Gasteiger partial charge < -0.3 is 29.8 Å². The van der Waals surface area contributed by atoms with E-state index < -0.39 is 5.97 Å². The first-order chi connectivity index (χ1) is 25.6.